The van der Waals surface area contributed by atoms with Crippen molar-refractivity contribution in [1.82, 2.24) is 15.6 Å². The summed E-state index contributed by atoms with van der Waals surface area (Å²) < 4.78 is 0. The van der Waals surface area contributed by atoms with Crippen LogP contribution in [0.4, 0.5) is 0 Å². The van der Waals surface area contributed by atoms with Crippen molar-refractivity contribution in [3.8, 4) is 0 Å². The summed E-state index contributed by atoms with van der Waals surface area (Å²) in [5, 5.41) is 16.9. The number of benzene rings is 1. The number of carbonyl (C=O) groups is 1. The van der Waals surface area contributed by atoms with Crippen LogP contribution in [0.3, 0.4) is 0 Å². The zero-order valence-electron chi connectivity index (χ0n) is 13.0. The van der Waals surface area contributed by atoms with Gasteiger partial charge in [-0.3, -0.25) is 9.78 Å². The van der Waals surface area contributed by atoms with Crippen LogP contribution >= 0.6 is 0 Å². The van der Waals surface area contributed by atoms with Gasteiger partial charge < -0.3 is 15.7 Å². The van der Waals surface area contributed by atoms with Gasteiger partial charge in [-0.2, -0.15) is 0 Å². The molecular weight excluding hydrogens is 290 g/mol. The molecule has 1 saturated carbocycles. The summed E-state index contributed by atoms with van der Waals surface area (Å²) in [6, 6.07) is 9.73. The topological polar surface area (TPSA) is 74.2 Å². The molecule has 1 aromatic heterocycles. The van der Waals surface area contributed by atoms with Gasteiger partial charge in [0.15, 0.2) is 0 Å². The van der Waals surface area contributed by atoms with Gasteiger partial charge in [0.2, 0.25) is 0 Å². The number of aliphatic hydroxyl groups is 1. The molecule has 4 rings (SSSR count). The minimum atomic E-state index is -0.383. The van der Waals surface area contributed by atoms with Gasteiger partial charge in [-0.05, 0) is 25.0 Å². The number of aliphatic hydroxyl groups excluding tert-OH is 1. The zero-order chi connectivity index (χ0) is 15.8. The predicted octanol–water partition coefficient (Wildman–Crippen LogP) is 1.42. The molecule has 1 saturated heterocycles. The van der Waals surface area contributed by atoms with Gasteiger partial charge in [0.1, 0.15) is 0 Å². The summed E-state index contributed by atoms with van der Waals surface area (Å²) >= 11 is 0. The fourth-order valence-corrected chi connectivity index (χ4v) is 3.22. The molecule has 1 amide bonds. The lowest BCUT2D eigenvalue weighted by Crippen LogP contribution is -2.34. The Kier molecular flexibility index (Phi) is 3.75. The lowest BCUT2D eigenvalue weighted by Gasteiger charge is -2.15. The number of carbonyl (C=O) groups excluding carboxylic acids is 1. The Balaban J connectivity index is 1.60. The Morgan fingerprint density at radius 2 is 2.13 bits per heavy atom. The second kappa shape index (κ2) is 5.91. The maximum Gasteiger partial charge on any atom is 0.252 e. The monoisotopic (exact) mass is 311 g/mol. The molecule has 120 valence electrons. The Morgan fingerprint density at radius 3 is 2.87 bits per heavy atom. The fraction of sp³-hybridized carbons (Fsp3) is 0.444. The summed E-state index contributed by atoms with van der Waals surface area (Å²) in [6.07, 6.45) is 1.94. The van der Waals surface area contributed by atoms with Crippen LogP contribution < -0.4 is 10.6 Å². The second-order valence-corrected chi connectivity index (χ2v) is 6.58. The van der Waals surface area contributed by atoms with Crippen LogP contribution in [0.2, 0.25) is 0 Å². The van der Waals surface area contributed by atoms with Crippen LogP contribution in [0.25, 0.3) is 10.9 Å². The van der Waals surface area contributed by atoms with Gasteiger partial charge in [-0.25, -0.2) is 0 Å². The highest BCUT2D eigenvalue weighted by molar-refractivity contribution is 6.06. The van der Waals surface area contributed by atoms with E-state index in [0.29, 0.717) is 24.6 Å². The first-order chi connectivity index (χ1) is 11.2. The number of hydrogen-bond donors (Lipinski definition) is 3. The Morgan fingerprint density at radius 1 is 1.30 bits per heavy atom. The number of rotatable bonds is 4. The average Bonchev–Trinajstić information content (AvgIpc) is 3.34. The van der Waals surface area contributed by atoms with Crippen LogP contribution in [-0.2, 0) is 0 Å². The van der Waals surface area contributed by atoms with Crippen molar-refractivity contribution in [2.24, 2.45) is 5.92 Å². The Hall–Kier alpha value is -1.98. The highest BCUT2D eigenvalue weighted by Gasteiger charge is 2.28. The Labute approximate surface area is 135 Å². The first-order valence-corrected chi connectivity index (χ1v) is 8.29. The average molecular weight is 311 g/mol. The van der Waals surface area contributed by atoms with Crippen LogP contribution in [0.15, 0.2) is 30.3 Å². The van der Waals surface area contributed by atoms with Crippen molar-refractivity contribution < 1.29 is 9.90 Å². The fourth-order valence-electron chi connectivity index (χ4n) is 3.22. The molecule has 2 aromatic rings. The predicted molar refractivity (Wildman–Crippen MR) is 88.4 cm³/mol. The maximum absolute atomic E-state index is 12.7. The molecule has 2 atom stereocenters. The minimum Gasteiger partial charge on any atom is -0.391 e. The van der Waals surface area contributed by atoms with Crippen molar-refractivity contribution in [3.63, 3.8) is 0 Å². The van der Waals surface area contributed by atoms with Crippen LogP contribution in [0.1, 0.15) is 34.8 Å². The Bertz CT molecular complexity index is 742. The lowest BCUT2D eigenvalue weighted by molar-refractivity contribution is 0.0928. The smallest absolute Gasteiger partial charge is 0.252 e. The largest absolute Gasteiger partial charge is 0.391 e. The van der Waals surface area contributed by atoms with Gasteiger partial charge in [-0.15, -0.1) is 0 Å². The summed E-state index contributed by atoms with van der Waals surface area (Å²) in [4.78, 5) is 17.4. The molecule has 1 aromatic carbocycles. The number of pyridine rings is 1. The molecule has 2 unspecified atom stereocenters. The van der Waals surface area contributed by atoms with E-state index in [1.54, 1.807) is 0 Å². The number of β-amino-alcohol motifs (C(OH)–C–C–N with tert-alkyl or cyclic N) is 1. The van der Waals surface area contributed by atoms with Crippen molar-refractivity contribution in [2.75, 3.05) is 19.6 Å². The second-order valence-electron chi connectivity index (χ2n) is 6.58. The van der Waals surface area contributed by atoms with Gasteiger partial charge in [0, 0.05) is 42.6 Å². The molecule has 5 heteroatoms. The number of aromatic nitrogens is 1. The van der Waals surface area contributed by atoms with E-state index >= 15 is 0 Å². The normalized spacial score (nSPS) is 24.0. The van der Waals surface area contributed by atoms with E-state index in [-0.39, 0.29) is 17.9 Å². The molecule has 2 aliphatic rings. The van der Waals surface area contributed by atoms with E-state index in [2.05, 4.69) is 10.6 Å². The SMILES string of the molecule is O=C(NCC1CNCC1O)c1cc(C2CC2)nc2ccccc12. The number of hydrogen-bond acceptors (Lipinski definition) is 4. The number of para-hydroxylation sites is 1. The molecule has 23 heavy (non-hydrogen) atoms. The third-order valence-electron chi connectivity index (χ3n) is 4.81. The highest BCUT2D eigenvalue weighted by atomic mass is 16.3. The number of nitrogens with one attached hydrogen (secondary N) is 2. The maximum atomic E-state index is 12.7. The molecule has 1 aliphatic carbocycles. The summed E-state index contributed by atoms with van der Waals surface area (Å²) in [5.41, 5.74) is 2.60. The first-order valence-electron chi connectivity index (χ1n) is 8.29. The van der Waals surface area contributed by atoms with Gasteiger partial charge in [-0.1, -0.05) is 18.2 Å². The summed E-state index contributed by atoms with van der Waals surface area (Å²) in [5.74, 6) is 0.506. The number of fused-ring (bicyclic) bond motifs is 1. The molecule has 5 nitrogen and oxygen atoms in total. The van der Waals surface area contributed by atoms with E-state index in [1.807, 2.05) is 30.3 Å². The number of nitrogens with zero attached hydrogens (tertiary/aromatic N) is 1. The molecular formula is C18H21N3O2. The molecule has 2 fully saturated rings. The standard InChI is InChI=1S/C18H21N3O2/c22-17-10-19-8-12(17)9-20-18(23)14-7-16(11-5-6-11)21-15-4-2-1-3-13(14)15/h1-4,7,11-12,17,19,22H,5-6,8-10H2,(H,20,23). The van der Waals surface area contributed by atoms with Crippen molar-refractivity contribution in [2.45, 2.75) is 24.9 Å². The first kappa shape index (κ1) is 14.6. The molecule has 1 aliphatic heterocycles. The van der Waals surface area contributed by atoms with Gasteiger partial charge in [0.05, 0.1) is 17.2 Å². The summed E-state index contributed by atoms with van der Waals surface area (Å²) in [7, 11) is 0. The van der Waals surface area contributed by atoms with Crippen molar-refractivity contribution in [3.05, 3.63) is 41.6 Å². The van der Waals surface area contributed by atoms with Gasteiger partial charge in [0.25, 0.3) is 5.91 Å². The van der Waals surface area contributed by atoms with E-state index in [0.717, 1.165) is 36.0 Å². The van der Waals surface area contributed by atoms with Crippen molar-refractivity contribution >= 4 is 16.8 Å². The molecule has 0 bridgehead atoms. The van der Waals surface area contributed by atoms with E-state index in [4.69, 9.17) is 4.98 Å². The highest BCUT2D eigenvalue weighted by Crippen LogP contribution is 2.40. The van der Waals surface area contributed by atoms with Crippen LogP contribution in [0.5, 0.6) is 0 Å². The van der Waals surface area contributed by atoms with Crippen molar-refractivity contribution in [1.29, 1.82) is 0 Å². The van der Waals surface area contributed by atoms with Gasteiger partial charge >= 0.3 is 0 Å². The lowest BCUT2D eigenvalue weighted by atomic mass is 10.0. The molecule has 0 spiro atoms. The molecule has 3 N–H and O–H groups in total. The quantitative estimate of drug-likeness (QED) is 0.798. The summed E-state index contributed by atoms with van der Waals surface area (Å²) in [6.45, 7) is 1.83. The zero-order valence-corrected chi connectivity index (χ0v) is 13.0. The number of amides is 1. The van der Waals surface area contributed by atoms with Crippen LogP contribution in [-0.4, -0.2) is 41.7 Å². The van der Waals surface area contributed by atoms with E-state index in [9.17, 15) is 9.90 Å². The third kappa shape index (κ3) is 2.94. The molecule has 2 heterocycles. The molecule has 0 radical (unpaired) electrons. The van der Waals surface area contributed by atoms with Crippen LogP contribution in [0, 0.1) is 5.92 Å². The van der Waals surface area contributed by atoms with E-state index < -0.39 is 0 Å². The third-order valence-corrected chi connectivity index (χ3v) is 4.81. The minimum absolute atomic E-state index is 0.0787. The van der Waals surface area contributed by atoms with E-state index in [1.165, 1.54) is 0 Å².